The van der Waals surface area contributed by atoms with Crippen LogP contribution >= 0.6 is 23.2 Å². The number of aryl methyl sites for hydroxylation is 1. The molecule has 9 nitrogen and oxygen atoms in total. The van der Waals surface area contributed by atoms with E-state index >= 15 is 0 Å². The van der Waals surface area contributed by atoms with Crippen LogP contribution in [0.5, 0.6) is 11.5 Å². The molecule has 1 aromatic carbocycles. The lowest BCUT2D eigenvalue weighted by Gasteiger charge is -2.12. The number of rotatable bonds is 7. The zero-order chi connectivity index (χ0) is 19.2. The van der Waals surface area contributed by atoms with Crippen LogP contribution in [0.3, 0.4) is 0 Å². The molecule has 0 saturated heterocycles. The maximum atomic E-state index is 12.0. The summed E-state index contributed by atoms with van der Waals surface area (Å²) in [6.07, 6.45) is 0. The molecule has 0 atom stereocenters. The Bertz CT molecular complexity index is 874. The molecule has 0 spiro atoms. The van der Waals surface area contributed by atoms with E-state index in [9.17, 15) is 13.2 Å². The van der Waals surface area contributed by atoms with Gasteiger partial charge in [0.1, 0.15) is 11.8 Å². The van der Waals surface area contributed by atoms with Gasteiger partial charge in [-0.25, -0.2) is 19.5 Å². The molecule has 2 N–H and O–H groups in total. The minimum absolute atomic E-state index is 0.0947. The summed E-state index contributed by atoms with van der Waals surface area (Å²) < 4.78 is 35.8. The first-order valence-corrected chi connectivity index (χ1v) is 9.43. The summed E-state index contributed by atoms with van der Waals surface area (Å²) in [7, 11) is -4.49. The predicted molar refractivity (Wildman–Crippen MR) is 96.1 cm³/mol. The first-order valence-electron chi connectivity index (χ1n) is 7.11. The molecule has 1 heterocycles. The molecule has 2 amide bonds. The molecule has 140 valence electrons. The Labute approximate surface area is 159 Å². The SMILES string of the molecule is Cc1cc(Cl)nc(NC(=O)NS(=O)(=O)Oc2ccccc2OCCCl)n1. The number of nitrogens with zero attached hydrogens (tertiary/aromatic N) is 2. The van der Waals surface area contributed by atoms with Gasteiger partial charge in [0.15, 0.2) is 11.5 Å². The Morgan fingerprint density at radius 1 is 1.23 bits per heavy atom. The highest BCUT2D eigenvalue weighted by Crippen LogP contribution is 2.27. The van der Waals surface area contributed by atoms with Crippen LogP contribution in [0, 0.1) is 6.92 Å². The Kier molecular flexibility index (Phi) is 6.83. The van der Waals surface area contributed by atoms with Crippen LogP contribution < -0.4 is 19.0 Å². The molecule has 0 radical (unpaired) electrons. The monoisotopic (exact) mass is 420 g/mol. The number of anilines is 1. The molecule has 0 fully saturated rings. The van der Waals surface area contributed by atoms with Gasteiger partial charge in [0.25, 0.3) is 0 Å². The van der Waals surface area contributed by atoms with E-state index in [1.54, 1.807) is 23.8 Å². The predicted octanol–water partition coefficient (Wildman–Crippen LogP) is 2.50. The van der Waals surface area contributed by atoms with E-state index in [1.165, 1.54) is 18.2 Å². The Hall–Kier alpha value is -2.30. The number of para-hydroxylation sites is 2. The van der Waals surface area contributed by atoms with Gasteiger partial charge in [0.2, 0.25) is 5.95 Å². The molecule has 0 aliphatic carbocycles. The lowest BCUT2D eigenvalue weighted by atomic mass is 10.3. The van der Waals surface area contributed by atoms with Crippen molar-refractivity contribution in [1.82, 2.24) is 14.7 Å². The maximum Gasteiger partial charge on any atom is 0.411 e. The van der Waals surface area contributed by atoms with Crippen molar-refractivity contribution in [2.24, 2.45) is 0 Å². The van der Waals surface area contributed by atoms with Gasteiger partial charge in [-0.15, -0.1) is 11.6 Å². The summed E-state index contributed by atoms with van der Waals surface area (Å²) >= 11 is 11.3. The minimum atomic E-state index is -4.49. The number of alkyl halides is 1. The summed E-state index contributed by atoms with van der Waals surface area (Å²) in [6.45, 7) is 1.79. The number of aromatic nitrogens is 2. The van der Waals surface area contributed by atoms with Crippen molar-refractivity contribution in [3.63, 3.8) is 0 Å². The Morgan fingerprint density at radius 2 is 1.92 bits per heavy atom. The molecule has 26 heavy (non-hydrogen) atoms. The summed E-state index contributed by atoms with van der Waals surface area (Å²) in [4.78, 5) is 19.5. The lowest BCUT2D eigenvalue weighted by molar-refractivity contribution is 0.255. The van der Waals surface area contributed by atoms with Crippen molar-refractivity contribution in [3.05, 3.63) is 41.2 Å². The van der Waals surface area contributed by atoms with Crippen molar-refractivity contribution in [3.8, 4) is 11.5 Å². The smallest absolute Gasteiger partial charge is 0.411 e. The van der Waals surface area contributed by atoms with Gasteiger partial charge in [-0.3, -0.25) is 5.32 Å². The average Bonchev–Trinajstić information content (AvgIpc) is 2.51. The zero-order valence-electron chi connectivity index (χ0n) is 13.4. The van der Waals surface area contributed by atoms with Gasteiger partial charge >= 0.3 is 16.3 Å². The number of hydrogen-bond acceptors (Lipinski definition) is 7. The number of nitrogens with one attached hydrogen (secondary N) is 2. The van der Waals surface area contributed by atoms with Gasteiger partial charge in [-0.05, 0) is 25.1 Å². The molecule has 12 heteroatoms. The Morgan fingerprint density at radius 3 is 2.58 bits per heavy atom. The normalized spacial score (nSPS) is 10.9. The van der Waals surface area contributed by atoms with Gasteiger partial charge < -0.3 is 8.92 Å². The van der Waals surface area contributed by atoms with Crippen LogP contribution in [0.4, 0.5) is 10.7 Å². The van der Waals surface area contributed by atoms with E-state index in [4.69, 9.17) is 32.1 Å². The highest BCUT2D eigenvalue weighted by atomic mass is 35.5. The van der Waals surface area contributed by atoms with Crippen LogP contribution in [-0.2, 0) is 10.3 Å². The molecular weight excluding hydrogens is 407 g/mol. The number of urea groups is 1. The molecule has 2 rings (SSSR count). The molecule has 0 bridgehead atoms. The second kappa shape index (κ2) is 8.88. The van der Waals surface area contributed by atoms with Crippen molar-refractivity contribution in [1.29, 1.82) is 0 Å². The number of benzene rings is 1. The third-order valence-electron chi connectivity index (χ3n) is 2.65. The fraction of sp³-hybridized carbons (Fsp3) is 0.214. The number of carbonyl (C=O) groups excluding carboxylic acids is 1. The topological polar surface area (TPSA) is 120 Å². The van der Waals surface area contributed by atoms with E-state index < -0.39 is 16.3 Å². The minimum Gasteiger partial charge on any atom is -0.488 e. The number of ether oxygens (including phenoxy) is 1. The lowest BCUT2D eigenvalue weighted by Crippen LogP contribution is -2.37. The highest BCUT2D eigenvalue weighted by Gasteiger charge is 2.20. The van der Waals surface area contributed by atoms with Crippen molar-refractivity contribution in [2.45, 2.75) is 6.92 Å². The summed E-state index contributed by atoms with van der Waals surface area (Å²) in [5, 5.41) is 2.24. The van der Waals surface area contributed by atoms with Gasteiger partial charge in [0.05, 0.1) is 5.88 Å². The van der Waals surface area contributed by atoms with Crippen LogP contribution in [0.15, 0.2) is 30.3 Å². The van der Waals surface area contributed by atoms with E-state index in [1.807, 2.05) is 0 Å². The first-order chi connectivity index (χ1) is 12.3. The largest absolute Gasteiger partial charge is 0.488 e. The van der Waals surface area contributed by atoms with Crippen LogP contribution in [0.2, 0.25) is 5.15 Å². The summed E-state index contributed by atoms with van der Waals surface area (Å²) in [6, 6.07) is 6.39. The second-order valence-electron chi connectivity index (χ2n) is 4.73. The van der Waals surface area contributed by atoms with Crippen molar-refractivity contribution in [2.75, 3.05) is 17.8 Å². The fourth-order valence-electron chi connectivity index (χ4n) is 1.75. The van der Waals surface area contributed by atoms with Gasteiger partial charge in [0, 0.05) is 5.69 Å². The van der Waals surface area contributed by atoms with E-state index in [0.717, 1.165) is 0 Å². The quantitative estimate of drug-likeness (QED) is 0.521. The molecule has 0 saturated carbocycles. The molecule has 0 aliphatic heterocycles. The fourth-order valence-corrected chi connectivity index (χ4v) is 2.76. The van der Waals surface area contributed by atoms with Crippen molar-refractivity contribution < 1.29 is 22.1 Å². The molecule has 2 aromatic rings. The molecule has 1 aromatic heterocycles. The van der Waals surface area contributed by atoms with Crippen LogP contribution in [-0.4, -0.2) is 36.9 Å². The first kappa shape index (κ1) is 20.0. The van der Waals surface area contributed by atoms with E-state index in [2.05, 4.69) is 15.3 Å². The second-order valence-corrected chi connectivity index (χ2v) is 6.78. The van der Waals surface area contributed by atoms with Crippen LogP contribution in [0.1, 0.15) is 5.69 Å². The Balaban J connectivity index is 2.05. The number of amides is 2. The molecule has 0 unspecified atom stereocenters. The van der Waals surface area contributed by atoms with Gasteiger partial charge in [-0.1, -0.05) is 23.7 Å². The number of hydrogen-bond donors (Lipinski definition) is 2. The van der Waals surface area contributed by atoms with Crippen LogP contribution in [0.25, 0.3) is 0 Å². The zero-order valence-corrected chi connectivity index (χ0v) is 15.7. The molecular formula is C14H14Cl2N4O5S. The van der Waals surface area contributed by atoms with Crippen molar-refractivity contribution >= 4 is 45.5 Å². The third kappa shape index (κ3) is 6.21. The molecule has 0 aliphatic rings. The van der Waals surface area contributed by atoms with Gasteiger partial charge in [-0.2, -0.15) is 8.42 Å². The highest BCUT2D eigenvalue weighted by molar-refractivity contribution is 7.85. The van der Waals surface area contributed by atoms with E-state index in [0.29, 0.717) is 5.69 Å². The van der Waals surface area contributed by atoms with E-state index in [-0.39, 0.29) is 35.1 Å². The standard InChI is InChI=1S/C14H14Cl2N4O5S/c1-9-8-12(16)18-13(17-9)19-14(21)20-26(22,23)25-11-5-3-2-4-10(11)24-7-6-15/h2-5,8H,6-7H2,1H3,(H2,17,18,19,20,21). The number of carbonyl (C=O) groups is 1. The average molecular weight is 421 g/mol. The summed E-state index contributed by atoms with van der Waals surface area (Å²) in [5.41, 5.74) is 0.491. The summed E-state index contributed by atoms with van der Waals surface area (Å²) in [5.74, 6) is 0.106. The number of halogens is 2. The third-order valence-corrected chi connectivity index (χ3v) is 3.83. The maximum absolute atomic E-state index is 12.0.